The first-order valence-corrected chi connectivity index (χ1v) is 11.7. The molecule has 0 aromatic carbocycles. The number of rotatable bonds is 16. The molecule has 0 saturated heterocycles. The van der Waals surface area contributed by atoms with Gasteiger partial charge in [0.2, 0.25) is 0 Å². The molecule has 1 fully saturated rings. The lowest BCUT2D eigenvalue weighted by molar-refractivity contribution is -0.153. The standard InChI is InChI=1S/C25H42O5/c1-4-5-6-7-8-9-14-22(27)15-11-10-13-21-18-19-23(21)24(30-20(2)26)16-12-17-25(28)29-3/h10-11,13,15,21-24,27H,4-9,12,14,16-19H2,1-3H3. The van der Waals surface area contributed by atoms with E-state index in [9.17, 15) is 14.7 Å². The zero-order valence-corrected chi connectivity index (χ0v) is 19.2. The number of hydrogen-bond acceptors (Lipinski definition) is 5. The number of carbonyl (C=O) groups excluding carboxylic acids is 2. The van der Waals surface area contributed by atoms with Gasteiger partial charge in [0, 0.05) is 19.3 Å². The molecule has 0 bridgehead atoms. The average Bonchev–Trinajstić information content (AvgIpc) is 2.68. The van der Waals surface area contributed by atoms with Crippen molar-refractivity contribution < 1.29 is 24.2 Å². The highest BCUT2D eigenvalue weighted by atomic mass is 16.5. The van der Waals surface area contributed by atoms with Crippen LogP contribution in [0.15, 0.2) is 24.3 Å². The highest BCUT2D eigenvalue weighted by molar-refractivity contribution is 5.69. The summed E-state index contributed by atoms with van der Waals surface area (Å²) in [5.41, 5.74) is 0. The van der Waals surface area contributed by atoms with E-state index in [0.717, 1.165) is 25.7 Å². The van der Waals surface area contributed by atoms with E-state index in [2.05, 4.69) is 17.7 Å². The Morgan fingerprint density at radius 2 is 1.77 bits per heavy atom. The van der Waals surface area contributed by atoms with Crippen molar-refractivity contribution >= 4 is 11.9 Å². The van der Waals surface area contributed by atoms with E-state index in [1.807, 2.05) is 18.2 Å². The number of allylic oxidation sites excluding steroid dienone is 3. The van der Waals surface area contributed by atoms with Gasteiger partial charge >= 0.3 is 11.9 Å². The van der Waals surface area contributed by atoms with E-state index >= 15 is 0 Å². The molecule has 1 rings (SSSR count). The molecule has 1 N–H and O–H groups in total. The third-order valence-corrected chi connectivity index (χ3v) is 5.93. The lowest BCUT2D eigenvalue weighted by atomic mass is 9.69. The molecule has 0 radical (unpaired) electrons. The van der Waals surface area contributed by atoms with Gasteiger partial charge in [-0.1, -0.05) is 69.8 Å². The summed E-state index contributed by atoms with van der Waals surface area (Å²) in [5.74, 6) is 0.161. The van der Waals surface area contributed by atoms with Crippen LogP contribution in [0.5, 0.6) is 0 Å². The van der Waals surface area contributed by atoms with Crippen molar-refractivity contribution in [1.82, 2.24) is 0 Å². The van der Waals surface area contributed by atoms with Crippen molar-refractivity contribution in [2.45, 2.75) is 103 Å². The summed E-state index contributed by atoms with van der Waals surface area (Å²) in [5, 5.41) is 10.1. The predicted octanol–water partition coefficient (Wildman–Crippen LogP) is 5.51. The number of ether oxygens (including phenoxy) is 2. The van der Waals surface area contributed by atoms with Crippen LogP contribution in [0.4, 0.5) is 0 Å². The van der Waals surface area contributed by atoms with Crippen LogP contribution in [-0.2, 0) is 19.1 Å². The van der Waals surface area contributed by atoms with Crippen LogP contribution in [0.2, 0.25) is 0 Å². The van der Waals surface area contributed by atoms with Gasteiger partial charge in [0.1, 0.15) is 6.10 Å². The molecule has 5 heteroatoms. The van der Waals surface area contributed by atoms with Crippen molar-refractivity contribution in [3.05, 3.63) is 24.3 Å². The van der Waals surface area contributed by atoms with Crippen LogP contribution in [0.25, 0.3) is 0 Å². The molecule has 0 aliphatic heterocycles. The minimum absolute atomic E-state index is 0.155. The lowest BCUT2D eigenvalue weighted by Crippen LogP contribution is -2.37. The Labute approximate surface area is 182 Å². The van der Waals surface area contributed by atoms with Crippen LogP contribution < -0.4 is 0 Å². The fourth-order valence-electron chi connectivity index (χ4n) is 4.00. The van der Waals surface area contributed by atoms with Gasteiger partial charge in [-0.05, 0) is 38.0 Å². The van der Waals surface area contributed by atoms with Crippen LogP contribution in [0.1, 0.15) is 90.9 Å². The molecule has 1 aliphatic carbocycles. The second-order valence-corrected chi connectivity index (χ2v) is 8.41. The van der Waals surface area contributed by atoms with Crippen molar-refractivity contribution in [1.29, 1.82) is 0 Å². The van der Waals surface area contributed by atoms with E-state index in [1.54, 1.807) is 0 Å². The van der Waals surface area contributed by atoms with Gasteiger partial charge in [0.25, 0.3) is 0 Å². The largest absolute Gasteiger partial charge is 0.469 e. The predicted molar refractivity (Wildman–Crippen MR) is 120 cm³/mol. The normalized spacial score (nSPS) is 20.8. The quantitative estimate of drug-likeness (QED) is 0.202. The second kappa shape index (κ2) is 16.1. The maximum Gasteiger partial charge on any atom is 0.305 e. The first-order valence-electron chi connectivity index (χ1n) is 11.7. The van der Waals surface area contributed by atoms with Gasteiger partial charge in [-0.3, -0.25) is 9.59 Å². The SMILES string of the molecule is CCCCCCCCC(O)C=CC=CC1CCC1C(CCCC(=O)OC)OC(C)=O. The summed E-state index contributed by atoms with van der Waals surface area (Å²) in [6.45, 7) is 3.65. The molecular weight excluding hydrogens is 380 g/mol. The van der Waals surface area contributed by atoms with Crippen LogP contribution in [-0.4, -0.2) is 36.4 Å². The molecule has 4 unspecified atom stereocenters. The zero-order chi connectivity index (χ0) is 22.2. The highest BCUT2D eigenvalue weighted by Gasteiger charge is 2.36. The molecule has 0 aromatic rings. The second-order valence-electron chi connectivity index (χ2n) is 8.41. The van der Waals surface area contributed by atoms with Gasteiger partial charge in [-0.15, -0.1) is 0 Å². The Kier molecular flexibility index (Phi) is 14.2. The van der Waals surface area contributed by atoms with E-state index in [0.29, 0.717) is 31.1 Å². The molecule has 1 saturated carbocycles. The number of unbranched alkanes of at least 4 members (excludes halogenated alkanes) is 5. The Morgan fingerprint density at radius 3 is 2.40 bits per heavy atom. The summed E-state index contributed by atoms with van der Waals surface area (Å²) in [4.78, 5) is 22.8. The smallest absolute Gasteiger partial charge is 0.305 e. The summed E-state index contributed by atoms with van der Waals surface area (Å²) in [6, 6.07) is 0. The zero-order valence-electron chi connectivity index (χ0n) is 19.2. The van der Waals surface area contributed by atoms with Gasteiger partial charge in [-0.25, -0.2) is 0 Å². The Morgan fingerprint density at radius 1 is 1.03 bits per heavy atom. The summed E-state index contributed by atoms with van der Waals surface area (Å²) in [6.07, 6.45) is 19.4. The van der Waals surface area contributed by atoms with Crippen molar-refractivity contribution in [3.8, 4) is 0 Å². The topological polar surface area (TPSA) is 72.8 Å². The molecule has 0 spiro atoms. The molecule has 0 amide bonds. The van der Waals surface area contributed by atoms with E-state index in [4.69, 9.17) is 4.74 Å². The Balaban J connectivity index is 2.36. The molecule has 0 heterocycles. The molecule has 0 aromatic heterocycles. The van der Waals surface area contributed by atoms with Crippen LogP contribution in [0.3, 0.4) is 0 Å². The van der Waals surface area contributed by atoms with Gasteiger partial charge in [0.15, 0.2) is 0 Å². The molecular formula is C25H42O5. The summed E-state index contributed by atoms with van der Waals surface area (Å²) in [7, 11) is 1.39. The monoisotopic (exact) mass is 422 g/mol. The van der Waals surface area contributed by atoms with Gasteiger partial charge in [0.05, 0.1) is 13.2 Å². The van der Waals surface area contributed by atoms with Gasteiger partial charge < -0.3 is 14.6 Å². The number of esters is 2. The van der Waals surface area contributed by atoms with Crippen LogP contribution >= 0.6 is 0 Å². The van der Waals surface area contributed by atoms with E-state index < -0.39 is 0 Å². The maximum atomic E-state index is 11.5. The highest BCUT2D eigenvalue weighted by Crippen LogP contribution is 2.40. The molecule has 172 valence electrons. The number of aliphatic hydroxyl groups excluding tert-OH is 1. The summed E-state index contributed by atoms with van der Waals surface area (Å²) >= 11 is 0. The number of hydrogen-bond donors (Lipinski definition) is 1. The lowest BCUT2D eigenvalue weighted by Gasteiger charge is -2.39. The van der Waals surface area contributed by atoms with E-state index in [1.165, 1.54) is 46.1 Å². The number of aliphatic hydroxyl groups is 1. The molecule has 4 atom stereocenters. The maximum absolute atomic E-state index is 11.5. The van der Waals surface area contributed by atoms with Crippen molar-refractivity contribution in [2.24, 2.45) is 11.8 Å². The molecule has 30 heavy (non-hydrogen) atoms. The Bertz CT molecular complexity index is 540. The first kappa shape index (κ1) is 26.4. The number of carbonyl (C=O) groups is 2. The fraction of sp³-hybridized carbons (Fsp3) is 0.760. The molecule has 5 nitrogen and oxygen atoms in total. The van der Waals surface area contributed by atoms with Gasteiger partial charge in [-0.2, -0.15) is 0 Å². The number of methoxy groups -OCH3 is 1. The molecule has 1 aliphatic rings. The van der Waals surface area contributed by atoms with Crippen molar-refractivity contribution in [2.75, 3.05) is 7.11 Å². The van der Waals surface area contributed by atoms with Crippen molar-refractivity contribution in [3.63, 3.8) is 0 Å². The minimum atomic E-state index is -0.384. The first-order chi connectivity index (χ1) is 14.5. The minimum Gasteiger partial charge on any atom is -0.469 e. The van der Waals surface area contributed by atoms with Crippen LogP contribution in [0, 0.1) is 11.8 Å². The van der Waals surface area contributed by atoms with E-state index in [-0.39, 0.29) is 24.1 Å². The average molecular weight is 423 g/mol. The summed E-state index contributed by atoms with van der Waals surface area (Å²) < 4.78 is 10.2. The third-order valence-electron chi connectivity index (χ3n) is 5.93. The third kappa shape index (κ3) is 11.5. The Hall–Kier alpha value is -1.62. The fourth-order valence-corrected chi connectivity index (χ4v) is 4.00.